The van der Waals surface area contributed by atoms with Crippen molar-refractivity contribution in [1.82, 2.24) is 15.3 Å². The molecule has 0 aliphatic heterocycles. The molecule has 0 amide bonds. The lowest BCUT2D eigenvalue weighted by atomic mass is 9.92. The van der Waals surface area contributed by atoms with Crippen LogP contribution in [0.4, 0.5) is 0 Å². The van der Waals surface area contributed by atoms with E-state index in [0.717, 1.165) is 36.3 Å². The molecule has 2 heterocycles. The Morgan fingerprint density at radius 1 is 1.48 bits per heavy atom. The van der Waals surface area contributed by atoms with Crippen LogP contribution in [0.25, 0.3) is 0 Å². The van der Waals surface area contributed by atoms with Crippen LogP contribution in [0.5, 0.6) is 0 Å². The van der Waals surface area contributed by atoms with Gasteiger partial charge in [0.2, 0.25) is 0 Å². The average Bonchev–Trinajstić information content (AvgIpc) is 2.86. The van der Waals surface area contributed by atoms with E-state index in [1.54, 1.807) is 13.2 Å². The number of aryl methyl sites for hydroxylation is 3. The number of furan rings is 1. The Labute approximate surface area is 123 Å². The highest BCUT2D eigenvalue weighted by Gasteiger charge is 2.25. The molecule has 2 aromatic heterocycles. The second-order valence-corrected chi connectivity index (χ2v) is 5.78. The van der Waals surface area contributed by atoms with Crippen molar-refractivity contribution in [2.75, 3.05) is 0 Å². The number of rotatable bonds is 3. The molecule has 1 aliphatic carbocycles. The predicted octanol–water partition coefficient (Wildman–Crippen LogP) is 2.71. The molecule has 0 fully saturated rings. The molecule has 0 bridgehead atoms. The molecule has 1 aliphatic rings. The molecule has 2 N–H and O–H groups in total. The highest BCUT2D eigenvalue weighted by atomic mass is 16.3. The number of H-pyrrole nitrogens is 1. The van der Waals surface area contributed by atoms with Crippen LogP contribution in [0.3, 0.4) is 0 Å². The van der Waals surface area contributed by atoms with Crippen LogP contribution in [0, 0.1) is 13.8 Å². The van der Waals surface area contributed by atoms with Crippen molar-refractivity contribution in [2.24, 2.45) is 0 Å². The quantitative estimate of drug-likeness (QED) is 0.910. The average molecular weight is 287 g/mol. The Kier molecular flexibility index (Phi) is 3.68. The fourth-order valence-corrected chi connectivity index (χ4v) is 3.29. The standard InChI is InChI=1S/C16H21N3O2/c1-9-15(16(20)19-11(3)17-9)10(2)18-13-5-4-6-14-12(13)7-8-21-14/h7-8,10,13,18H,4-6H2,1-3H3,(H,17,19,20). The summed E-state index contributed by atoms with van der Waals surface area (Å²) in [5, 5.41) is 3.56. The summed E-state index contributed by atoms with van der Waals surface area (Å²) in [6.07, 6.45) is 4.92. The molecule has 112 valence electrons. The topological polar surface area (TPSA) is 70.9 Å². The number of aromatic amines is 1. The van der Waals surface area contributed by atoms with Gasteiger partial charge >= 0.3 is 0 Å². The van der Waals surface area contributed by atoms with Crippen LogP contribution in [0.1, 0.15) is 60.3 Å². The number of hydrogen-bond donors (Lipinski definition) is 2. The van der Waals surface area contributed by atoms with E-state index in [2.05, 4.69) is 15.3 Å². The monoisotopic (exact) mass is 287 g/mol. The first-order valence-corrected chi connectivity index (χ1v) is 7.46. The Morgan fingerprint density at radius 3 is 3.05 bits per heavy atom. The summed E-state index contributed by atoms with van der Waals surface area (Å²) in [7, 11) is 0. The highest BCUT2D eigenvalue weighted by Crippen LogP contribution is 2.32. The van der Waals surface area contributed by atoms with Crippen LogP contribution in [-0.4, -0.2) is 9.97 Å². The Balaban J connectivity index is 1.86. The van der Waals surface area contributed by atoms with Crippen molar-refractivity contribution in [3.05, 3.63) is 51.1 Å². The van der Waals surface area contributed by atoms with Gasteiger partial charge in [-0.15, -0.1) is 0 Å². The van der Waals surface area contributed by atoms with Crippen molar-refractivity contribution >= 4 is 0 Å². The highest BCUT2D eigenvalue weighted by molar-refractivity contribution is 5.26. The molecule has 0 saturated carbocycles. The number of nitrogens with one attached hydrogen (secondary N) is 2. The molecular formula is C16H21N3O2. The van der Waals surface area contributed by atoms with E-state index < -0.39 is 0 Å². The van der Waals surface area contributed by atoms with Crippen LogP contribution >= 0.6 is 0 Å². The molecule has 0 saturated heterocycles. The molecule has 5 heteroatoms. The number of fused-ring (bicyclic) bond motifs is 1. The summed E-state index contributed by atoms with van der Waals surface area (Å²) in [5.74, 6) is 1.72. The van der Waals surface area contributed by atoms with E-state index in [0.29, 0.717) is 5.82 Å². The third kappa shape index (κ3) is 2.65. The predicted molar refractivity (Wildman–Crippen MR) is 80.3 cm³/mol. The van der Waals surface area contributed by atoms with Crippen molar-refractivity contribution < 1.29 is 4.42 Å². The minimum absolute atomic E-state index is 0.0484. The first kappa shape index (κ1) is 14.1. The van der Waals surface area contributed by atoms with Crippen LogP contribution in [0.2, 0.25) is 0 Å². The summed E-state index contributed by atoms with van der Waals surface area (Å²) < 4.78 is 5.52. The lowest BCUT2D eigenvalue weighted by Gasteiger charge is -2.26. The van der Waals surface area contributed by atoms with E-state index in [1.807, 2.05) is 19.9 Å². The maximum Gasteiger partial charge on any atom is 0.255 e. The first-order chi connectivity index (χ1) is 10.1. The summed E-state index contributed by atoms with van der Waals surface area (Å²) in [5.41, 5.74) is 2.68. The molecule has 0 spiro atoms. The minimum Gasteiger partial charge on any atom is -0.469 e. The zero-order valence-corrected chi connectivity index (χ0v) is 12.7. The van der Waals surface area contributed by atoms with Gasteiger partial charge < -0.3 is 14.7 Å². The molecule has 0 radical (unpaired) electrons. The van der Waals surface area contributed by atoms with E-state index in [9.17, 15) is 4.79 Å². The zero-order valence-electron chi connectivity index (χ0n) is 12.7. The Hall–Kier alpha value is -1.88. The van der Waals surface area contributed by atoms with Crippen molar-refractivity contribution in [1.29, 1.82) is 0 Å². The van der Waals surface area contributed by atoms with Gasteiger partial charge in [-0.25, -0.2) is 4.98 Å². The molecular weight excluding hydrogens is 266 g/mol. The molecule has 21 heavy (non-hydrogen) atoms. The zero-order chi connectivity index (χ0) is 15.0. The Bertz CT molecular complexity index is 702. The van der Waals surface area contributed by atoms with Gasteiger partial charge in [0.15, 0.2) is 0 Å². The van der Waals surface area contributed by atoms with Gasteiger partial charge in [-0.3, -0.25) is 4.79 Å². The van der Waals surface area contributed by atoms with Gasteiger partial charge in [0.25, 0.3) is 5.56 Å². The van der Waals surface area contributed by atoms with E-state index in [-0.39, 0.29) is 17.6 Å². The van der Waals surface area contributed by atoms with E-state index in [1.165, 1.54) is 5.56 Å². The van der Waals surface area contributed by atoms with E-state index >= 15 is 0 Å². The molecule has 2 atom stereocenters. The SMILES string of the molecule is Cc1nc(C)c(C(C)NC2CCCc3occc32)c(=O)[nH]1. The van der Waals surface area contributed by atoms with Crippen molar-refractivity contribution in [3.63, 3.8) is 0 Å². The van der Waals surface area contributed by atoms with Gasteiger partial charge in [-0.05, 0) is 39.7 Å². The van der Waals surface area contributed by atoms with Gasteiger partial charge in [0, 0.05) is 29.8 Å². The molecule has 2 unspecified atom stereocenters. The Morgan fingerprint density at radius 2 is 2.29 bits per heavy atom. The second-order valence-electron chi connectivity index (χ2n) is 5.78. The van der Waals surface area contributed by atoms with Gasteiger partial charge in [-0.1, -0.05) is 0 Å². The summed E-state index contributed by atoms with van der Waals surface area (Å²) in [4.78, 5) is 19.3. The van der Waals surface area contributed by atoms with Gasteiger partial charge in [0.05, 0.1) is 11.8 Å². The fourth-order valence-electron chi connectivity index (χ4n) is 3.29. The third-order valence-corrected chi connectivity index (χ3v) is 4.20. The molecule has 3 rings (SSSR count). The minimum atomic E-state index is -0.0526. The van der Waals surface area contributed by atoms with E-state index in [4.69, 9.17) is 4.42 Å². The molecule has 5 nitrogen and oxygen atoms in total. The molecule has 0 aromatic carbocycles. The first-order valence-electron chi connectivity index (χ1n) is 7.46. The maximum atomic E-state index is 12.2. The normalized spacial score (nSPS) is 19.3. The lowest BCUT2D eigenvalue weighted by Crippen LogP contribution is -2.32. The van der Waals surface area contributed by atoms with Crippen LogP contribution in [0.15, 0.2) is 21.5 Å². The maximum absolute atomic E-state index is 12.2. The summed E-state index contributed by atoms with van der Waals surface area (Å²) >= 11 is 0. The van der Waals surface area contributed by atoms with Crippen molar-refractivity contribution in [2.45, 2.75) is 52.1 Å². The smallest absolute Gasteiger partial charge is 0.255 e. The van der Waals surface area contributed by atoms with Gasteiger partial charge in [0.1, 0.15) is 11.6 Å². The second kappa shape index (κ2) is 5.48. The fraction of sp³-hybridized carbons (Fsp3) is 0.500. The third-order valence-electron chi connectivity index (χ3n) is 4.20. The number of nitrogens with zero attached hydrogens (tertiary/aromatic N) is 1. The number of aromatic nitrogens is 2. The largest absolute Gasteiger partial charge is 0.469 e. The van der Waals surface area contributed by atoms with Crippen LogP contribution < -0.4 is 10.9 Å². The summed E-state index contributed by atoms with van der Waals surface area (Å²) in [6.45, 7) is 5.71. The van der Waals surface area contributed by atoms with Crippen LogP contribution in [-0.2, 0) is 6.42 Å². The summed E-state index contributed by atoms with van der Waals surface area (Å²) in [6, 6.07) is 2.22. The van der Waals surface area contributed by atoms with Gasteiger partial charge in [-0.2, -0.15) is 0 Å². The number of hydrogen-bond acceptors (Lipinski definition) is 4. The molecule has 2 aromatic rings. The van der Waals surface area contributed by atoms with Crippen molar-refractivity contribution in [3.8, 4) is 0 Å². The lowest BCUT2D eigenvalue weighted by molar-refractivity contribution is 0.383.